The van der Waals surface area contributed by atoms with E-state index in [0.29, 0.717) is 18.5 Å². The number of hydrogen-bond acceptors (Lipinski definition) is 4. The number of carbonyl (C=O) groups is 2. The van der Waals surface area contributed by atoms with Crippen LogP contribution in [0.2, 0.25) is 0 Å². The molecule has 2 amide bonds. The largest absolute Gasteiger partial charge is 0.394 e. The SMILES string of the molecule is CC(C)(C)C(NC(=O)c1nn(Cc2ccc(F)cc2)c2ccccc12)C(=O)N1CCC[C@@H]1CO. The number of amides is 2. The van der Waals surface area contributed by atoms with Crippen LogP contribution in [-0.4, -0.2) is 56.8 Å². The first-order valence-electron chi connectivity index (χ1n) is 11.6. The highest BCUT2D eigenvalue weighted by Gasteiger charge is 2.40. The summed E-state index contributed by atoms with van der Waals surface area (Å²) in [6.45, 7) is 6.58. The van der Waals surface area contributed by atoms with E-state index in [2.05, 4.69) is 10.4 Å². The molecule has 2 atom stereocenters. The zero-order valence-corrected chi connectivity index (χ0v) is 19.8. The van der Waals surface area contributed by atoms with E-state index < -0.39 is 17.4 Å². The zero-order valence-electron chi connectivity index (χ0n) is 19.8. The predicted molar refractivity (Wildman–Crippen MR) is 128 cm³/mol. The van der Waals surface area contributed by atoms with Crippen LogP contribution in [0.1, 0.15) is 49.7 Å². The number of benzene rings is 2. The molecule has 1 aromatic heterocycles. The van der Waals surface area contributed by atoms with E-state index in [-0.39, 0.29) is 30.1 Å². The van der Waals surface area contributed by atoms with Gasteiger partial charge in [0.1, 0.15) is 11.9 Å². The van der Waals surface area contributed by atoms with Crippen molar-refractivity contribution in [2.45, 2.75) is 52.2 Å². The molecule has 4 rings (SSSR count). The first-order chi connectivity index (χ1) is 16.2. The molecule has 1 saturated heterocycles. The Morgan fingerprint density at radius 1 is 1.18 bits per heavy atom. The van der Waals surface area contributed by atoms with Gasteiger partial charge in [-0.3, -0.25) is 14.3 Å². The summed E-state index contributed by atoms with van der Waals surface area (Å²) in [5, 5.41) is 17.9. The molecule has 2 aromatic carbocycles. The van der Waals surface area contributed by atoms with E-state index in [1.807, 2.05) is 45.0 Å². The number of para-hydroxylation sites is 1. The molecule has 180 valence electrons. The molecule has 0 saturated carbocycles. The Morgan fingerprint density at radius 3 is 2.56 bits per heavy atom. The number of nitrogens with one attached hydrogen (secondary N) is 1. The zero-order chi connectivity index (χ0) is 24.5. The van der Waals surface area contributed by atoms with Crippen molar-refractivity contribution < 1.29 is 19.1 Å². The molecule has 1 fully saturated rings. The van der Waals surface area contributed by atoms with Crippen LogP contribution in [0.3, 0.4) is 0 Å². The van der Waals surface area contributed by atoms with E-state index in [1.54, 1.807) is 21.7 Å². The van der Waals surface area contributed by atoms with Crippen LogP contribution >= 0.6 is 0 Å². The molecule has 0 aliphatic carbocycles. The Hall–Kier alpha value is -3.26. The van der Waals surface area contributed by atoms with Gasteiger partial charge in [0.05, 0.1) is 24.7 Å². The number of aliphatic hydroxyl groups excluding tert-OH is 1. The molecule has 1 unspecified atom stereocenters. The van der Waals surface area contributed by atoms with Gasteiger partial charge in [-0.2, -0.15) is 5.10 Å². The average Bonchev–Trinajstić information content (AvgIpc) is 3.43. The number of rotatable bonds is 6. The van der Waals surface area contributed by atoms with Crippen LogP contribution in [0.5, 0.6) is 0 Å². The molecule has 0 spiro atoms. The van der Waals surface area contributed by atoms with Gasteiger partial charge in [-0.15, -0.1) is 0 Å². The molecule has 8 heteroatoms. The summed E-state index contributed by atoms with van der Waals surface area (Å²) in [5.41, 5.74) is 1.32. The molecule has 1 aliphatic rings. The summed E-state index contributed by atoms with van der Waals surface area (Å²) in [4.78, 5) is 28.5. The van der Waals surface area contributed by atoms with E-state index in [4.69, 9.17) is 0 Å². The Labute approximate surface area is 198 Å². The molecule has 1 aliphatic heterocycles. The highest BCUT2D eigenvalue weighted by Crippen LogP contribution is 2.27. The third-order valence-electron chi connectivity index (χ3n) is 6.38. The quantitative estimate of drug-likeness (QED) is 0.583. The van der Waals surface area contributed by atoms with Gasteiger partial charge in [0, 0.05) is 11.9 Å². The van der Waals surface area contributed by atoms with Gasteiger partial charge in [0.15, 0.2) is 5.69 Å². The van der Waals surface area contributed by atoms with Crippen molar-refractivity contribution in [3.63, 3.8) is 0 Å². The monoisotopic (exact) mass is 466 g/mol. The third-order valence-corrected chi connectivity index (χ3v) is 6.38. The Bertz CT molecular complexity index is 1180. The molecule has 0 bridgehead atoms. The number of halogens is 1. The van der Waals surface area contributed by atoms with Crippen molar-refractivity contribution >= 4 is 22.7 Å². The van der Waals surface area contributed by atoms with Gasteiger partial charge in [0.25, 0.3) is 5.91 Å². The lowest BCUT2D eigenvalue weighted by molar-refractivity contribution is -0.137. The van der Waals surface area contributed by atoms with E-state index in [0.717, 1.165) is 23.9 Å². The lowest BCUT2D eigenvalue weighted by Gasteiger charge is -2.35. The van der Waals surface area contributed by atoms with E-state index in [9.17, 15) is 19.1 Å². The second-order valence-corrected chi connectivity index (χ2v) is 9.93. The molecule has 3 aromatic rings. The van der Waals surface area contributed by atoms with Crippen LogP contribution in [-0.2, 0) is 11.3 Å². The molecular formula is C26H31FN4O3. The molecule has 7 nitrogen and oxygen atoms in total. The van der Waals surface area contributed by atoms with Crippen molar-refractivity contribution in [1.82, 2.24) is 20.0 Å². The summed E-state index contributed by atoms with van der Waals surface area (Å²) in [7, 11) is 0. The highest BCUT2D eigenvalue weighted by atomic mass is 19.1. The van der Waals surface area contributed by atoms with Crippen LogP contribution in [0.15, 0.2) is 48.5 Å². The number of hydrogen-bond donors (Lipinski definition) is 2. The van der Waals surface area contributed by atoms with Crippen LogP contribution in [0.25, 0.3) is 10.9 Å². The van der Waals surface area contributed by atoms with Crippen molar-refractivity contribution in [2.75, 3.05) is 13.2 Å². The fourth-order valence-electron chi connectivity index (χ4n) is 4.51. The van der Waals surface area contributed by atoms with Crippen molar-refractivity contribution in [2.24, 2.45) is 5.41 Å². The van der Waals surface area contributed by atoms with Crippen LogP contribution < -0.4 is 5.32 Å². The normalized spacial score (nSPS) is 17.2. The highest BCUT2D eigenvalue weighted by molar-refractivity contribution is 6.06. The van der Waals surface area contributed by atoms with Crippen LogP contribution in [0.4, 0.5) is 4.39 Å². The number of likely N-dealkylation sites (tertiary alicyclic amines) is 1. The summed E-state index contributed by atoms with van der Waals surface area (Å²) < 4.78 is 15.0. The van der Waals surface area contributed by atoms with Crippen LogP contribution in [0, 0.1) is 11.2 Å². The van der Waals surface area contributed by atoms with E-state index >= 15 is 0 Å². The number of fused-ring (bicyclic) bond motifs is 1. The maximum absolute atomic E-state index is 13.4. The number of aliphatic hydroxyl groups is 1. The standard InChI is InChI=1S/C26H31FN4O3/c1-26(2,3)23(25(34)30-14-6-7-19(30)16-32)28-24(33)22-20-8-4-5-9-21(20)31(29-22)15-17-10-12-18(27)13-11-17/h4-5,8-13,19,23,32H,6-7,14-16H2,1-3H3,(H,28,33)/t19-,23?/m1/s1. The second-order valence-electron chi connectivity index (χ2n) is 9.93. The van der Waals surface area contributed by atoms with E-state index in [1.165, 1.54) is 12.1 Å². The Balaban J connectivity index is 1.63. The minimum absolute atomic E-state index is 0.0883. The van der Waals surface area contributed by atoms with Gasteiger partial charge >= 0.3 is 0 Å². The van der Waals surface area contributed by atoms with Gasteiger partial charge in [-0.05, 0) is 42.0 Å². The van der Waals surface area contributed by atoms with Crippen molar-refractivity contribution in [1.29, 1.82) is 0 Å². The molecule has 2 heterocycles. The minimum atomic E-state index is -0.770. The third kappa shape index (κ3) is 4.82. The van der Waals surface area contributed by atoms with Gasteiger partial charge in [-0.25, -0.2) is 4.39 Å². The predicted octanol–water partition coefficient (Wildman–Crippen LogP) is 3.35. The average molecular weight is 467 g/mol. The maximum Gasteiger partial charge on any atom is 0.273 e. The molecule has 0 radical (unpaired) electrons. The summed E-state index contributed by atoms with van der Waals surface area (Å²) in [6, 6.07) is 12.6. The topological polar surface area (TPSA) is 87.5 Å². The number of nitrogens with zero attached hydrogens (tertiary/aromatic N) is 3. The minimum Gasteiger partial charge on any atom is -0.394 e. The number of carbonyl (C=O) groups excluding carboxylic acids is 2. The fraction of sp³-hybridized carbons (Fsp3) is 0.423. The Kier molecular flexibility index (Phi) is 6.70. The maximum atomic E-state index is 13.4. The first-order valence-corrected chi connectivity index (χ1v) is 11.6. The smallest absolute Gasteiger partial charge is 0.273 e. The lowest BCUT2D eigenvalue weighted by Crippen LogP contribution is -2.56. The van der Waals surface area contributed by atoms with Crippen molar-refractivity contribution in [3.05, 3.63) is 65.6 Å². The summed E-state index contributed by atoms with van der Waals surface area (Å²) in [6.07, 6.45) is 1.59. The molecule has 34 heavy (non-hydrogen) atoms. The first kappa shape index (κ1) is 23.9. The number of aromatic nitrogens is 2. The fourth-order valence-corrected chi connectivity index (χ4v) is 4.51. The molecule has 2 N–H and O–H groups in total. The van der Waals surface area contributed by atoms with Gasteiger partial charge in [-0.1, -0.05) is 51.1 Å². The van der Waals surface area contributed by atoms with Gasteiger partial charge in [0.2, 0.25) is 5.91 Å². The molecular weight excluding hydrogens is 435 g/mol. The Morgan fingerprint density at radius 2 is 1.88 bits per heavy atom. The lowest BCUT2D eigenvalue weighted by atomic mass is 9.85. The summed E-state index contributed by atoms with van der Waals surface area (Å²) in [5.74, 6) is -0.928. The van der Waals surface area contributed by atoms with Crippen molar-refractivity contribution in [3.8, 4) is 0 Å². The second kappa shape index (κ2) is 9.54. The van der Waals surface area contributed by atoms with Gasteiger partial charge < -0.3 is 15.3 Å². The summed E-state index contributed by atoms with van der Waals surface area (Å²) >= 11 is 0.